The number of nitrogens with zero attached hydrogens (tertiary/aromatic N) is 2. The van der Waals surface area contributed by atoms with E-state index >= 15 is 0 Å². The van der Waals surface area contributed by atoms with Gasteiger partial charge in [-0.25, -0.2) is 0 Å². The van der Waals surface area contributed by atoms with Gasteiger partial charge in [-0.05, 0) is 0 Å². The van der Waals surface area contributed by atoms with Crippen LogP contribution < -0.4 is 5.32 Å². The first-order valence-corrected chi connectivity index (χ1v) is 7.35. The van der Waals surface area contributed by atoms with E-state index in [1.807, 2.05) is 0 Å². The van der Waals surface area contributed by atoms with Crippen LogP contribution >= 0.6 is 0 Å². The number of aromatic nitrogens is 3. The van der Waals surface area contributed by atoms with E-state index in [2.05, 4.69) is 35.1 Å². The summed E-state index contributed by atoms with van der Waals surface area (Å²) >= 11 is 0. The highest BCUT2D eigenvalue weighted by Gasteiger charge is 2.26. The smallest absolute Gasteiger partial charge is 0.181 e. The van der Waals surface area contributed by atoms with Crippen LogP contribution in [0.15, 0.2) is 0 Å². The molecule has 1 rings (SSSR count). The van der Waals surface area contributed by atoms with Crippen molar-refractivity contribution in [3.63, 3.8) is 0 Å². The Bertz CT molecular complexity index is 300. The number of carbonyl (C=O) groups excluding carboxylic acids is 1. The Morgan fingerprint density at radius 3 is 2.25 bits per heavy atom. The summed E-state index contributed by atoms with van der Waals surface area (Å²) in [5, 5.41) is 11.2. The lowest BCUT2D eigenvalue weighted by Crippen LogP contribution is -2.42. The van der Waals surface area contributed by atoms with Gasteiger partial charge in [0.05, 0.1) is 5.32 Å². The van der Waals surface area contributed by atoms with Gasteiger partial charge in [0.15, 0.2) is 5.78 Å². The van der Waals surface area contributed by atoms with Crippen LogP contribution in [0.5, 0.6) is 0 Å². The summed E-state index contributed by atoms with van der Waals surface area (Å²) in [6.07, 6.45) is 0. The van der Waals surface area contributed by atoms with Crippen LogP contribution in [0.3, 0.4) is 0 Å². The number of Topliss-reactive ketones (excluding diaryl/α,β-unsaturated/α-hetero) is 1. The number of hydrogen-bond acceptors (Lipinski definition) is 3. The first-order chi connectivity index (χ1) is 5.43. The van der Waals surface area contributed by atoms with Crippen molar-refractivity contribution in [1.29, 1.82) is 0 Å². The predicted molar refractivity (Wildman–Crippen MR) is 49.4 cm³/mol. The largest absolute Gasteiger partial charge is 0.293 e. The molecular formula is C7H13N3OSi. The molecule has 0 bridgehead atoms. The number of hydrogen-bond donors (Lipinski definition) is 1. The van der Waals surface area contributed by atoms with Crippen LogP contribution in [0.25, 0.3) is 0 Å². The molecule has 1 N–H and O–H groups in total. The van der Waals surface area contributed by atoms with Gasteiger partial charge in [0.2, 0.25) is 0 Å². The predicted octanol–water partition coefficient (Wildman–Crippen LogP) is 0.552. The van der Waals surface area contributed by atoms with Gasteiger partial charge in [0, 0.05) is 6.92 Å². The molecule has 0 saturated heterocycles. The average molecular weight is 183 g/mol. The molecule has 0 radical (unpaired) electrons. The number of rotatable bonds is 2. The van der Waals surface area contributed by atoms with Crippen LogP contribution in [-0.4, -0.2) is 29.3 Å². The lowest BCUT2D eigenvalue weighted by Gasteiger charge is -2.11. The summed E-state index contributed by atoms with van der Waals surface area (Å²) in [7, 11) is -1.51. The van der Waals surface area contributed by atoms with Gasteiger partial charge in [0.25, 0.3) is 0 Å². The second-order valence-corrected chi connectivity index (χ2v) is 8.80. The Hall–Kier alpha value is -0.973. The third-order valence-corrected chi connectivity index (χ3v) is 3.36. The minimum absolute atomic E-state index is 0.0128. The second-order valence-electron chi connectivity index (χ2n) is 3.83. The molecule has 0 aliphatic rings. The number of ketones is 1. The van der Waals surface area contributed by atoms with Crippen molar-refractivity contribution in [1.82, 2.24) is 15.4 Å². The molecule has 66 valence electrons. The molecule has 0 unspecified atom stereocenters. The van der Waals surface area contributed by atoms with Gasteiger partial charge >= 0.3 is 0 Å². The minimum atomic E-state index is -1.51. The number of H-pyrrole nitrogens is 1. The molecule has 0 aliphatic heterocycles. The highest BCUT2D eigenvalue weighted by Crippen LogP contribution is 2.02. The van der Waals surface area contributed by atoms with Gasteiger partial charge in [-0.3, -0.25) is 4.79 Å². The summed E-state index contributed by atoms with van der Waals surface area (Å²) < 4.78 is 0. The van der Waals surface area contributed by atoms with E-state index in [4.69, 9.17) is 0 Å². The Kier molecular flexibility index (Phi) is 2.14. The average Bonchev–Trinajstić information content (AvgIpc) is 2.30. The Balaban J connectivity index is 3.17. The molecule has 1 aromatic rings. The summed E-state index contributed by atoms with van der Waals surface area (Å²) in [6, 6.07) is 0. The fraction of sp³-hybridized carbons (Fsp3) is 0.571. The van der Waals surface area contributed by atoms with Crippen molar-refractivity contribution in [2.24, 2.45) is 0 Å². The van der Waals surface area contributed by atoms with Crippen LogP contribution in [0.4, 0.5) is 0 Å². The highest BCUT2D eigenvalue weighted by molar-refractivity contribution is 6.88. The van der Waals surface area contributed by atoms with Crippen molar-refractivity contribution >= 4 is 19.2 Å². The lowest BCUT2D eigenvalue weighted by atomic mass is 10.3. The van der Waals surface area contributed by atoms with Crippen molar-refractivity contribution in [3.05, 3.63) is 5.69 Å². The molecule has 0 aliphatic carbocycles. The SMILES string of the molecule is CC(=O)c1n[nH]nc1[Si](C)(C)C. The van der Waals surface area contributed by atoms with Crippen LogP contribution in [0.1, 0.15) is 17.4 Å². The normalized spacial score (nSPS) is 11.7. The maximum atomic E-state index is 11.1. The van der Waals surface area contributed by atoms with Crippen LogP contribution in [0, 0.1) is 0 Å². The minimum Gasteiger partial charge on any atom is -0.293 e. The molecule has 4 nitrogen and oxygen atoms in total. The van der Waals surface area contributed by atoms with Crippen molar-refractivity contribution in [2.45, 2.75) is 26.6 Å². The topological polar surface area (TPSA) is 58.6 Å². The van der Waals surface area contributed by atoms with E-state index < -0.39 is 8.07 Å². The lowest BCUT2D eigenvalue weighted by molar-refractivity contribution is 0.101. The molecule has 1 aromatic heterocycles. The molecular weight excluding hydrogens is 170 g/mol. The molecule has 0 amide bonds. The van der Waals surface area contributed by atoms with E-state index in [9.17, 15) is 4.79 Å². The maximum Gasteiger partial charge on any atom is 0.181 e. The fourth-order valence-electron chi connectivity index (χ4n) is 0.999. The second kappa shape index (κ2) is 2.82. The number of nitrogens with one attached hydrogen (secondary N) is 1. The first kappa shape index (κ1) is 9.12. The van der Waals surface area contributed by atoms with Gasteiger partial charge in [-0.1, -0.05) is 19.6 Å². The van der Waals surface area contributed by atoms with Crippen molar-refractivity contribution in [3.8, 4) is 0 Å². The van der Waals surface area contributed by atoms with E-state index in [-0.39, 0.29) is 5.78 Å². The summed E-state index contributed by atoms with van der Waals surface area (Å²) in [4.78, 5) is 11.1. The maximum absolute atomic E-state index is 11.1. The third kappa shape index (κ3) is 1.61. The summed E-state index contributed by atoms with van der Waals surface area (Å²) in [5.41, 5.74) is 0.508. The van der Waals surface area contributed by atoms with E-state index in [0.29, 0.717) is 5.69 Å². The van der Waals surface area contributed by atoms with Gasteiger partial charge in [0.1, 0.15) is 13.8 Å². The first-order valence-electron chi connectivity index (χ1n) is 3.85. The van der Waals surface area contributed by atoms with E-state index in [1.54, 1.807) is 0 Å². The van der Waals surface area contributed by atoms with Gasteiger partial charge in [-0.2, -0.15) is 15.4 Å². The van der Waals surface area contributed by atoms with E-state index in [0.717, 1.165) is 5.32 Å². The molecule has 0 fully saturated rings. The van der Waals surface area contributed by atoms with Gasteiger partial charge < -0.3 is 0 Å². The van der Waals surface area contributed by atoms with E-state index in [1.165, 1.54) is 6.92 Å². The molecule has 1 heterocycles. The highest BCUT2D eigenvalue weighted by atomic mass is 28.3. The van der Waals surface area contributed by atoms with Gasteiger partial charge in [-0.15, -0.1) is 0 Å². The standard InChI is InChI=1S/C7H13N3OSi/c1-5(11)6-7(9-10-8-6)12(2,3)4/h1-4H3,(H,8,9,10). The van der Waals surface area contributed by atoms with Crippen LogP contribution in [-0.2, 0) is 0 Å². The van der Waals surface area contributed by atoms with Crippen molar-refractivity contribution in [2.75, 3.05) is 0 Å². The van der Waals surface area contributed by atoms with Crippen LogP contribution in [0.2, 0.25) is 19.6 Å². The zero-order valence-electron chi connectivity index (χ0n) is 7.80. The summed E-state index contributed by atoms with van der Waals surface area (Å²) in [5.74, 6) is -0.0128. The quantitative estimate of drug-likeness (QED) is 0.538. The molecule has 0 spiro atoms. The molecule has 0 aromatic carbocycles. The number of carbonyl (C=O) groups is 1. The third-order valence-electron chi connectivity index (χ3n) is 1.59. The van der Waals surface area contributed by atoms with Crippen molar-refractivity contribution < 1.29 is 4.79 Å². The summed E-state index contributed by atoms with van der Waals surface area (Å²) in [6.45, 7) is 7.92. The Morgan fingerprint density at radius 1 is 1.33 bits per heavy atom. The molecule has 5 heteroatoms. The molecule has 12 heavy (non-hydrogen) atoms. The molecule has 0 atom stereocenters. The fourth-order valence-corrected chi connectivity index (χ4v) is 2.33. The monoisotopic (exact) mass is 183 g/mol. The number of aromatic amines is 1. The zero-order chi connectivity index (χ0) is 9.35. The Morgan fingerprint density at radius 2 is 1.92 bits per heavy atom. The molecule has 0 saturated carbocycles. The zero-order valence-corrected chi connectivity index (χ0v) is 8.80. The Labute approximate surface area is 72.4 Å².